The van der Waals surface area contributed by atoms with E-state index in [-0.39, 0.29) is 29.9 Å². The number of fused-ring (bicyclic) bond motifs is 1. The Bertz CT molecular complexity index is 2140. The number of ether oxygens (including phenoxy) is 5. The van der Waals surface area contributed by atoms with Gasteiger partial charge in [-0.3, -0.25) is 9.05 Å². The fourth-order valence-corrected chi connectivity index (χ4v) is 9.73. The molecular weight excluding hydrogens is 811 g/mol. The predicted octanol–water partition coefficient (Wildman–Crippen LogP) is 9.33. The number of halogens is 1. The summed E-state index contributed by atoms with van der Waals surface area (Å²) in [5.74, 6) is -0.445. The molecular formula is C43H56ClN6O9P. The van der Waals surface area contributed by atoms with E-state index in [1.807, 2.05) is 12.1 Å². The quantitative estimate of drug-likeness (QED) is 0.0491. The van der Waals surface area contributed by atoms with Crippen LogP contribution >= 0.6 is 19.4 Å². The Labute approximate surface area is 356 Å². The van der Waals surface area contributed by atoms with Gasteiger partial charge < -0.3 is 33.9 Å². The molecule has 2 N–H and O–H groups in total. The van der Waals surface area contributed by atoms with Crippen molar-refractivity contribution in [3.63, 3.8) is 0 Å². The van der Waals surface area contributed by atoms with Crippen molar-refractivity contribution in [2.75, 3.05) is 25.6 Å². The van der Waals surface area contributed by atoms with Gasteiger partial charge in [-0.1, -0.05) is 101 Å². The number of anilines is 1. The zero-order chi connectivity index (χ0) is 42.2. The van der Waals surface area contributed by atoms with Crippen LogP contribution in [-0.2, 0) is 32.6 Å². The van der Waals surface area contributed by atoms with Crippen molar-refractivity contribution in [2.45, 2.75) is 140 Å². The summed E-state index contributed by atoms with van der Waals surface area (Å²) in [5, 5.41) is 14.1. The van der Waals surface area contributed by atoms with Gasteiger partial charge in [0.1, 0.15) is 48.1 Å². The highest BCUT2D eigenvalue weighted by atomic mass is 35.5. The van der Waals surface area contributed by atoms with Crippen molar-refractivity contribution in [3.8, 4) is 17.7 Å². The lowest BCUT2D eigenvalue weighted by atomic mass is 10.1. The van der Waals surface area contributed by atoms with Gasteiger partial charge in [-0.25, -0.2) is 19.0 Å². The van der Waals surface area contributed by atoms with Crippen molar-refractivity contribution >= 4 is 30.8 Å². The molecule has 2 saturated heterocycles. The van der Waals surface area contributed by atoms with Gasteiger partial charge in [0, 0.05) is 18.9 Å². The average Bonchev–Trinajstić information content (AvgIpc) is 3.54. The first-order valence-corrected chi connectivity index (χ1v) is 23.0. The summed E-state index contributed by atoms with van der Waals surface area (Å²) in [4.78, 5) is 8.36. The Morgan fingerprint density at radius 3 is 2.43 bits per heavy atom. The minimum atomic E-state index is -4.54. The maximum absolute atomic E-state index is 14.9. The average molecular weight is 867 g/mol. The molecule has 60 heavy (non-hydrogen) atoms. The van der Waals surface area contributed by atoms with Crippen LogP contribution in [0, 0.1) is 11.3 Å². The Kier molecular flexibility index (Phi) is 14.7. The molecule has 3 aromatic heterocycles. The lowest BCUT2D eigenvalue weighted by Crippen LogP contribution is -2.33. The number of aromatic nitrogens is 4. The number of para-hydroxylation sites is 1. The topological polar surface area (TPSA) is 184 Å². The molecule has 7 rings (SSSR count). The maximum atomic E-state index is 14.9. The normalized spacial score (nSPS) is 24.1. The molecule has 0 radical (unpaired) electrons. The summed E-state index contributed by atoms with van der Waals surface area (Å²) in [5.41, 5.74) is 6.62. The number of hydrogen-bond acceptors (Lipinski definition) is 14. The zero-order valence-electron chi connectivity index (χ0n) is 34.6. The van der Waals surface area contributed by atoms with Crippen molar-refractivity contribution in [3.05, 3.63) is 77.3 Å². The van der Waals surface area contributed by atoms with Gasteiger partial charge in [0.2, 0.25) is 5.88 Å². The Morgan fingerprint density at radius 2 is 1.70 bits per heavy atom. The van der Waals surface area contributed by atoms with Crippen LogP contribution in [0.4, 0.5) is 5.82 Å². The fraction of sp³-hybridized carbons (Fsp3) is 0.581. The van der Waals surface area contributed by atoms with E-state index in [0.717, 1.165) is 19.3 Å². The van der Waals surface area contributed by atoms with E-state index in [0.29, 0.717) is 29.2 Å². The number of phosphoric ester groups is 1. The number of nitrogen functional groups attached to an aromatic ring is 1. The van der Waals surface area contributed by atoms with E-state index in [1.54, 1.807) is 48.7 Å². The third-order valence-electron chi connectivity index (χ3n) is 11.0. The molecule has 5 heterocycles. The molecule has 1 saturated carbocycles. The molecule has 3 aliphatic rings. The molecule has 2 aliphatic heterocycles. The molecule has 17 heteroatoms. The van der Waals surface area contributed by atoms with Crippen LogP contribution < -0.4 is 15.0 Å². The molecule has 15 nitrogen and oxygen atoms in total. The number of phosphoric acid groups is 1. The Hall–Kier alpha value is -3.84. The minimum absolute atomic E-state index is 0.0793. The summed E-state index contributed by atoms with van der Waals surface area (Å²) < 4.78 is 66.7. The molecule has 7 atom stereocenters. The maximum Gasteiger partial charge on any atom is 0.530 e. The first kappa shape index (κ1) is 44.2. The number of unbranched alkanes of at least 4 members (excludes halogenated alkanes) is 11. The number of nitrogens with zero attached hydrogens (tertiary/aromatic N) is 5. The van der Waals surface area contributed by atoms with Gasteiger partial charge in [0.05, 0.1) is 35.6 Å². The summed E-state index contributed by atoms with van der Waals surface area (Å²) in [6.45, 7) is 6.13. The minimum Gasteiger partial charge on any atom is -0.469 e. The predicted molar refractivity (Wildman–Crippen MR) is 224 cm³/mol. The summed E-state index contributed by atoms with van der Waals surface area (Å²) in [7, 11) is -4.54. The van der Waals surface area contributed by atoms with E-state index in [2.05, 4.69) is 28.1 Å². The first-order chi connectivity index (χ1) is 29.1. The molecule has 3 fully saturated rings. The van der Waals surface area contributed by atoms with Gasteiger partial charge in [-0.05, 0) is 50.6 Å². The van der Waals surface area contributed by atoms with Crippen LogP contribution in [0.1, 0.15) is 115 Å². The molecule has 4 aromatic rings. The summed E-state index contributed by atoms with van der Waals surface area (Å²) in [6.07, 6.45) is 13.9. The molecule has 1 spiro atoms. The van der Waals surface area contributed by atoms with Crippen molar-refractivity contribution in [2.24, 2.45) is 0 Å². The second-order valence-corrected chi connectivity index (χ2v) is 18.0. The molecule has 0 bridgehead atoms. The fourth-order valence-electron chi connectivity index (χ4n) is 8.05. The number of hydrogen-bond donors (Lipinski definition) is 1. The van der Waals surface area contributed by atoms with E-state index in [4.69, 9.17) is 54.6 Å². The molecule has 324 valence electrons. The van der Waals surface area contributed by atoms with Gasteiger partial charge in [0.15, 0.2) is 17.2 Å². The second kappa shape index (κ2) is 19.9. The molecule has 0 amide bonds. The highest BCUT2D eigenvalue weighted by Gasteiger charge is 2.85. The molecule has 1 aromatic carbocycles. The highest BCUT2D eigenvalue weighted by molar-refractivity contribution is 7.49. The van der Waals surface area contributed by atoms with Crippen molar-refractivity contribution < 1.29 is 41.8 Å². The number of benzene rings is 1. The number of pyridine rings is 1. The SMILES string of the molecule is CCCCCCCCCCCCCCOC[C@H](COP(=O)(Oc1ccccc1Cl)OC1[C@H]2O[C@@H](c3ccc4c(N)ncnn34)[C@@H]3OC(C)(C)O[C@]123)Oc1cc(C#N)ccn1. The lowest BCUT2D eigenvalue weighted by Gasteiger charge is -2.26. The van der Waals surface area contributed by atoms with Gasteiger partial charge in [-0.15, -0.1) is 0 Å². The van der Waals surface area contributed by atoms with Gasteiger partial charge in [0.25, 0.3) is 0 Å². The number of nitriles is 1. The smallest absolute Gasteiger partial charge is 0.469 e. The summed E-state index contributed by atoms with van der Waals surface area (Å²) in [6, 6.07) is 15.4. The Balaban J connectivity index is 1.01. The van der Waals surface area contributed by atoms with Gasteiger partial charge in [-0.2, -0.15) is 10.4 Å². The monoisotopic (exact) mass is 866 g/mol. The zero-order valence-corrected chi connectivity index (χ0v) is 36.2. The standard InChI is InChI=1S/C43H56ClN6O9P/c1-4-5-6-7-8-9-10-11-12-13-14-17-24-52-27-31(54-36-25-30(26-45)22-23-47-36)28-53-60(51,57-35-19-16-15-18-32(35)44)58-40-39-43(40)38(56-42(2,3)59-43)37(55-39)33-20-21-34-41(46)48-29-49-50(33)34/h15-16,18-23,25,29,31,37-40H,4-14,17,24,27-28H2,1-3H3,(H2,46,48,49)/t31-,37+,38+,39-,40?,43+,60?/m1/s1. The third kappa shape index (κ3) is 10.4. The van der Waals surface area contributed by atoms with Crippen LogP contribution in [-0.4, -0.2) is 75.2 Å². The second-order valence-electron chi connectivity index (χ2n) is 16.1. The van der Waals surface area contributed by atoms with Crippen LogP contribution in [0.5, 0.6) is 11.6 Å². The van der Waals surface area contributed by atoms with E-state index < -0.39 is 49.7 Å². The van der Waals surface area contributed by atoms with Gasteiger partial charge >= 0.3 is 7.82 Å². The summed E-state index contributed by atoms with van der Waals surface area (Å²) >= 11 is 6.48. The molecule has 2 unspecified atom stereocenters. The van der Waals surface area contributed by atoms with Crippen LogP contribution in [0.25, 0.3) is 5.52 Å². The number of nitrogens with two attached hydrogens (primary N) is 1. The lowest BCUT2D eigenvalue weighted by molar-refractivity contribution is -0.176. The van der Waals surface area contributed by atoms with E-state index >= 15 is 0 Å². The van der Waals surface area contributed by atoms with Crippen molar-refractivity contribution in [1.29, 1.82) is 5.26 Å². The van der Waals surface area contributed by atoms with Crippen LogP contribution in [0.3, 0.4) is 0 Å². The third-order valence-corrected chi connectivity index (χ3v) is 12.7. The van der Waals surface area contributed by atoms with Crippen LogP contribution in [0.2, 0.25) is 5.02 Å². The first-order valence-electron chi connectivity index (χ1n) is 21.1. The highest BCUT2D eigenvalue weighted by Crippen LogP contribution is 2.69. The molecule has 1 aliphatic carbocycles. The Morgan fingerprint density at radius 1 is 0.967 bits per heavy atom. The van der Waals surface area contributed by atoms with Crippen molar-refractivity contribution in [1.82, 2.24) is 19.6 Å². The van der Waals surface area contributed by atoms with Crippen LogP contribution in [0.15, 0.2) is 61.1 Å². The van der Waals surface area contributed by atoms with E-state index in [1.165, 1.54) is 76.4 Å². The largest absolute Gasteiger partial charge is 0.530 e. The van der Waals surface area contributed by atoms with E-state index in [9.17, 15) is 9.83 Å². The number of rotatable bonds is 25.